The summed E-state index contributed by atoms with van der Waals surface area (Å²) in [6, 6.07) is 14.1. The van der Waals surface area contributed by atoms with Crippen molar-refractivity contribution >= 4 is 0 Å². The van der Waals surface area contributed by atoms with E-state index in [4.69, 9.17) is 10.5 Å². The predicted octanol–water partition coefficient (Wildman–Crippen LogP) is 3.99. The third kappa shape index (κ3) is 3.36. The zero-order valence-electron chi connectivity index (χ0n) is 11.8. The van der Waals surface area contributed by atoms with Crippen LogP contribution in [-0.2, 0) is 0 Å². The molecule has 2 N–H and O–H groups in total. The summed E-state index contributed by atoms with van der Waals surface area (Å²) in [7, 11) is 0. The molecule has 0 aliphatic heterocycles. The highest BCUT2D eigenvalue weighted by Gasteiger charge is 2.23. The Bertz CT molecular complexity index is 570. The van der Waals surface area contributed by atoms with Crippen LogP contribution in [0.3, 0.4) is 0 Å². The monoisotopic (exact) mass is 273 g/mol. The molecule has 2 aromatic rings. The van der Waals surface area contributed by atoms with E-state index >= 15 is 0 Å². The van der Waals surface area contributed by atoms with Crippen molar-refractivity contribution in [2.75, 3.05) is 0 Å². The summed E-state index contributed by atoms with van der Waals surface area (Å²) in [5, 5.41) is 0. The highest BCUT2D eigenvalue weighted by molar-refractivity contribution is 5.30. The molecule has 0 radical (unpaired) electrons. The van der Waals surface area contributed by atoms with Gasteiger partial charge in [0.15, 0.2) is 0 Å². The van der Waals surface area contributed by atoms with Gasteiger partial charge in [0.1, 0.15) is 17.7 Å². The molecule has 20 heavy (non-hydrogen) atoms. The van der Waals surface area contributed by atoms with Gasteiger partial charge in [-0.2, -0.15) is 0 Å². The molecule has 2 aromatic carbocycles. The van der Waals surface area contributed by atoms with Crippen LogP contribution in [0.2, 0.25) is 0 Å². The maximum atomic E-state index is 14.0. The molecule has 0 spiro atoms. The van der Waals surface area contributed by atoms with E-state index in [0.717, 1.165) is 5.56 Å². The first-order valence-electron chi connectivity index (χ1n) is 6.85. The van der Waals surface area contributed by atoms with Gasteiger partial charge in [-0.05, 0) is 37.1 Å². The first-order chi connectivity index (χ1) is 9.61. The van der Waals surface area contributed by atoms with Gasteiger partial charge in [-0.3, -0.25) is 0 Å². The van der Waals surface area contributed by atoms with Gasteiger partial charge in [0.05, 0.1) is 0 Å². The van der Waals surface area contributed by atoms with Crippen LogP contribution in [-0.4, -0.2) is 6.04 Å². The summed E-state index contributed by atoms with van der Waals surface area (Å²) < 4.78 is 19.9. The molecule has 0 bridgehead atoms. The van der Waals surface area contributed by atoms with Crippen molar-refractivity contribution in [3.8, 4) is 5.75 Å². The van der Waals surface area contributed by atoms with Crippen LogP contribution in [0.1, 0.15) is 30.6 Å². The Kier molecular flexibility index (Phi) is 4.74. The van der Waals surface area contributed by atoms with Crippen molar-refractivity contribution in [2.24, 2.45) is 5.73 Å². The van der Waals surface area contributed by atoms with E-state index in [1.807, 2.05) is 38.1 Å². The van der Waals surface area contributed by atoms with Crippen molar-refractivity contribution in [1.82, 2.24) is 0 Å². The van der Waals surface area contributed by atoms with E-state index in [1.54, 1.807) is 18.2 Å². The fourth-order valence-corrected chi connectivity index (χ4v) is 2.14. The smallest absolute Gasteiger partial charge is 0.142 e. The second-order valence-corrected chi connectivity index (χ2v) is 4.95. The maximum absolute atomic E-state index is 14.0. The molecule has 3 heteroatoms. The first kappa shape index (κ1) is 14.5. The molecule has 0 heterocycles. The second kappa shape index (κ2) is 6.53. The van der Waals surface area contributed by atoms with Crippen molar-refractivity contribution in [3.05, 3.63) is 65.5 Å². The molecule has 0 aromatic heterocycles. The highest BCUT2D eigenvalue weighted by atomic mass is 19.1. The van der Waals surface area contributed by atoms with Crippen LogP contribution in [0.4, 0.5) is 4.39 Å². The Morgan fingerprint density at radius 1 is 1.15 bits per heavy atom. The van der Waals surface area contributed by atoms with E-state index in [1.165, 1.54) is 6.07 Å². The number of hydrogen-bond acceptors (Lipinski definition) is 2. The van der Waals surface area contributed by atoms with E-state index in [9.17, 15) is 4.39 Å². The molecule has 0 fully saturated rings. The number of ether oxygens (including phenoxy) is 1. The van der Waals surface area contributed by atoms with E-state index in [2.05, 4.69) is 0 Å². The third-order valence-electron chi connectivity index (χ3n) is 3.32. The molecule has 0 saturated heterocycles. The van der Waals surface area contributed by atoms with Gasteiger partial charge in [-0.1, -0.05) is 37.3 Å². The van der Waals surface area contributed by atoms with E-state index < -0.39 is 6.10 Å². The minimum absolute atomic E-state index is 0.257. The zero-order valence-corrected chi connectivity index (χ0v) is 11.8. The Morgan fingerprint density at radius 3 is 2.55 bits per heavy atom. The summed E-state index contributed by atoms with van der Waals surface area (Å²) in [6.45, 7) is 3.96. The second-order valence-electron chi connectivity index (χ2n) is 4.95. The molecule has 106 valence electrons. The van der Waals surface area contributed by atoms with Crippen LogP contribution in [0.5, 0.6) is 5.75 Å². The van der Waals surface area contributed by atoms with Gasteiger partial charge in [0.2, 0.25) is 0 Å². The average Bonchev–Trinajstić information content (AvgIpc) is 2.45. The Balaban J connectivity index is 2.32. The first-order valence-corrected chi connectivity index (χ1v) is 6.85. The highest BCUT2D eigenvalue weighted by Crippen LogP contribution is 2.27. The summed E-state index contributed by atoms with van der Waals surface area (Å²) in [4.78, 5) is 0. The molecular weight excluding hydrogens is 253 g/mol. The summed E-state index contributed by atoms with van der Waals surface area (Å²) in [6.07, 6.45) is 0.230. The largest absolute Gasteiger partial charge is 0.484 e. The molecule has 0 amide bonds. The van der Waals surface area contributed by atoms with Crippen LogP contribution in [0, 0.1) is 12.7 Å². The lowest BCUT2D eigenvalue weighted by Crippen LogP contribution is -2.32. The van der Waals surface area contributed by atoms with Gasteiger partial charge < -0.3 is 10.5 Å². The van der Waals surface area contributed by atoms with E-state index in [-0.39, 0.29) is 11.9 Å². The van der Waals surface area contributed by atoms with Gasteiger partial charge in [0.25, 0.3) is 0 Å². The van der Waals surface area contributed by atoms with Crippen molar-refractivity contribution in [2.45, 2.75) is 32.4 Å². The van der Waals surface area contributed by atoms with Gasteiger partial charge in [-0.25, -0.2) is 4.39 Å². The Hall–Kier alpha value is -1.87. The van der Waals surface area contributed by atoms with Gasteiger partial charge in [0, 0.05) is 11.6 Å². The fraction of sp³-hybridized carbons (Fsp3) is 0.294. The quantitative estimate of drug-likeness (QED) is 0.894. The number of halogens is 1. The zero-order chi connectivity index (χ0) is 14.5. The van der Waals surface area contributed by atoms with Gasteiger partial charge in [-0.15, -0.1) is 0 Å². The molecular formula is C17H20FNO. The Labute approximate surface area is 119 Å². The number of aryl methyl sites for hydroxylation is 1. The van der Waals surface area contributed by atoms with Crippen LogP contribution >= 0.6 is 0 Å². The van der Waals surface area contributed by atoms with Crippen molar-refractivity contribution < 1.29 is 9.13 Å². The topological polar surface area (TPSA) is 35.2 Å². The molecule has 2 atom stereocenters. The molecule has 2 unspecified atom stereocenters. The van der Waals surface area contributed by atoms with Crippen LogP contribution in [0.25, 0.3) is 0 Å². The lowest BCUT2D eigenvalue weighted by Gasteiger charge is -2.25. The number of rotatable bonds is 5. The Morgan fingerprint density at radius 2 is 1.90 bits per heavy atom. The molecule has 2 nitrogen and oxygen atoms in total. The summed E-state index contributed by atoms with van der Waals surface area (Å²) in [5.74, 6) is 0.427. The number of benzene rings is 2. The minimum Gasteiger partial charge on any atom is -0.484 e. The standard InChI is InChI=1S/C17H20FNO/c1-3-16(19)17(14-9-4-5-10-15(14)18)20-13-8-6-7-12(2)11-13/h4-11,16-17H,3,19H2,1-2H3. The maximum Gasteiger partial charge on any atom is 0.142 e. The lowest BCUT2D eigenvalue weighted by atomic mass is 10.00. The van der Waals surface area contributed by atoms with Crippen LogP contribution in [0.15, 0.2) is 48.5 Å². The van der Waals surface area contributed by atoms with Crippen molar-refractivity contribution in [1.29, 1.82) is 0 Å². The van der Waals surface area contributed by atoms with Gasteiger partial charge >= 0.3 is 0 Å². The number of hydrogen-bond donors (Lipinski definition) is 1. The molecule has 2 rings (SSSR count). The average molecular weight is 273 g/mol. The summed E-state index contributed by atoms with van der Waals surface area (Å²) >= 11 is 0. The van der Waals surface area contributed by atoms with Crippen molar-refractivity contribution in [3.63, 3.8) is 0 Å². The normalized spacial score (nSPS) is 13.8. The van der Waals surface area contributed by atoms with E-state index in [0.29, 0.717) is 17.7 Å². The predicted molar refractivity (Wildman–Crippen MR) is 79.2 cm³/mol. The minimum atomic E-state index is -0.483. The molecule has 0 aliphatic carbocycles. The fourth-order valence-electron chi connectivity index (χ4n) is 2.14. The number of nitrogens with two attached hydrogens (primary N) is 1. The molecule has 0 saturated carbocycles. The third-order valence-corrected chi connectivity index (χ3v) is 3.32. The lowest BCUT2D eigenvalue weighted by molar-refractivity contribution is 0.166. The summed E-state index contributed by atoms with van der Waals surface area (Å²) in [5.41, 5.74) is 7.71. The SMILES string of the molecule is CCC(N)C(Oc1cccc(C)c1)c1ccccc1F. The van der Waals surface area contributed by atoms with Crippen LogP contribution < -0.4 is 10.5 Å². The molecule has 0 aliphatic rings.